The Kier molecular flexibility index (Phi) is 9.38. The molecule has 3 rings (SSSR count). The van der Waals surface area contributed by atoms with Crippen LogP contribution in [0.3, 0.4) is 0 Å². The fraction of sp³-hybridized carbons (Fsp3) is 0.360. The molecule has 0 radical (unpaired) electrons. The highest BCUT2D eigenvalue weighted by Crippen LogP contribution is 2.29. The van der Waals surface area contributed by atoms with Crippen molar-refractivity contribution in [1.29, 1.82) is 0 Å². The maximum absolute atomic E-state index is 12.8. The number of amides is 2. The van der Waals surface area contributed by atoms with Gasteiger partial charge < -0.3 is 15.2 Å². The summed E-state index contributed by atoms with van der Waals surface area (Å²) in [6, 6.07) is 12.4. The van der Waals surface area contributed by atoms with Crippen molar-refractivity contribution >= 4 is 56.8 Å². The predicted molar refractivity (Wildman–Crippen MR) is 145 cm³/mol. The van der Waals surface area contributed by atoms with E-state index in [1.54, 1.807) is 24.3 Å². The van der Waals surface area contributed by atoms with Crippen LogP contribution in [-0.4, -0.2) is 32.3 Å². The zero-order valence-corrected chi connectivity index (χ0v) is 23.5. The molecule has 1 aromatic heterocycles. The topological polar surface area (TPSA) is 88.9 Å². The number of hydrogen-bond acceptors (Lipinski definition) is 5. The molecule has 0 aliphatic rings. The first-order valence-corrected chi connectivity index (χ1v) is 13.4. The minimum absolute atomic E-state index is 0.0531. The SMILES string of the molecule is CC(C)c1cc(Br)ccc1NC(=O)CSc1nnc([C@@H](NC(=O)c2ccccc2Cl)C(C)C)n1C. The maximum Gasteiger partial charge on any atom is 0.253 e. The molecule has 0 aliphatic carbocycles. The molecule has 0 aliphatic heterocycles. The van der Waals surface area contributed by atoms with Gasteiger partial charge in [0.1, 0.15) is 0 Å². The van der Waals surface area contributed by atoms with E-state index in [-0.39, 0.29) is 35.4 Å². The van der Waals surface area contributed by atoms with E-state index in [0.29, 0.717) is 21.6 Å². The lowest BCUT2D eigenvalue weighted by molar-refractivity contribution is -0.113. The van der Waals surface area contributed by atoms with Gasteiger partial charge in [0.15, 0.2) is 11.0 Å². The molecule has 0 fully saturated rings. The lowest BCUT2D eigenvalue weighted by Crippen LogP contribution is -2.33. The second-order valence-corrected chi connectivity index (χ2v) is 11.1. The summed E-state index contributed by atoms with van der Waals surface area (Å²) in [6.45, 7) is 8.17. The van der Waals surface area contributed by atoms with Crippen molar-refractivity contribution in [3.63, 3.8) is 0 Å². The number of halogens is 2. The Bertz CT molecular complexity index is 1210. The van der Waals surface area contributed by atoms with Crippen LogP contribution in [0.5, 0.6) is 0 Å². The molecule has 0 saturated heterocycles. The number of nitrogens with one attached hydrogen (secondary N) is 2. The molecule has 7 nitrogen and oxygen atoms in total. The maximum atomic E-state index is 12.8. The molecule has 0 spiro atoms. The Labute approximate surface area is 223 Å². The summed E-state index contributed by atoms with van der Waals surface area (Å²) in [7, 11) is 1.83. The van der Waals surface area contributed by atoms with Gasteiger partial charge in [-0.05, 0) is 47.7 Å². The molecule has 2 aromatic carbocycles. The van der Waals surface area contributed by atoms with E-state index < -0.39 is 0 Å². The van der Waals surface area contributed by atoms with Crippen molar-refractivity contribution in [2.45, 2.75) is 44.8 Å². The first-order valence-electron chi connectivity index (χ1n) is 11.2. The minimum atomic E-state index is -0.379. The molecule has 2 amide bonds. The summed E-state index contributed by atoms with van der Waals surface area (Å²) in [6.07, 6.45) is 0. The number of thioether (sulfide) groups is 1. The number of carbonyl (C=O) groups is 2. The molecule has 35 heavy (non-hydrogen) atoms. The van der Waals surface area contributed by atoms with Gasteiger partial charge >= 0.3 is 0 Å². The highest BCUT2D eigenvalue weighted by molar-refractivity contribution is 9.10. The van der Waals surface area contributed by atoms with Gasteiger partial charge in [0, 0.05) is 17.2 Å². The summed E-state index contributed by atoms with van der Waals surface area (Å²) >= 11 is 11.0. The summed E-state index contributed by atoms with van der Waals surface area (Å²) in [5.41, 5.74) is 2.27. The normalized spacial score (nSPS) is 12.1. The Hall–Kier alpha value is -2.36. The van der Waals surface area contributed by atoms with E-state index in [0.717, 1.165) is 15.7 Å². The molecule has 2 N–H and O–H groups in total. The molecule has 0 bridgehead atoms. The lowest BCUT2D eigenvalue weighted by atomic mass is 10.0. The second-order valence-electron chi connectivity index (χ2n) is 8.80. The molecule has 1 atom stereocenters. The highest BCUT2D eigenvalue weighted by Gasteiger charge is 2.26. The number of nitrogens with zero attached hydrogens (tertiary/aromatic N) is 3. The highest BCUT2D eigenvalue weighted by atomic mass is 79.9. The average Bonchev–Trinajstić information content (AvgIpc) is 3.16. The third kappa shape index (κ3) is 6.86. The van der Waals surface area contributed by atoms with Crippen LogP contribution in [0.15, 0.2) is 52.1 Å². The summed E-state index contributed by atoms with van der Waals surface area (Å²) in [4.78, 5) is 25.5. The fourth-order valence-electron chi connectivity index (χ4n) is 3.56. The van der Waals surface area contributed by atoms with Crippen LogP contribution < -0.4 is 10.6 Å². The van der Waals surface area contributed by atoms with E-state index in [4.69, 9.17) is 11.6 Å². The van der Waals surface area contributed by atoms with Gasteiger partial charge in [0.05, 0.1) is 22.4 Å². The van der Waals surface area contributed by atoms with Crippen molar-refractivity contribution in [1.82, 2.24) is 20.1 Å². The standard InChI is InChI=1S/C25H29BrClN5O2S/c1-14(2)18-12-16(26)10-11-20(18)28-21(33)13-35-25-31-30-23(32(25)5)22(15(3)4)29-24(34)17-8-6-7-9-19(17)27/h6-12,14-15,22H,13H2,1-5H3,(H,28,33)(H,29,34)/t22-/m0/s1. The molecular weight excluding hydrogens is 550 g/mol. The van der Waals surface area contributed by atoms with Crippen molar-refractivity contribution in [2.75, 3.05) is 11.1 Å². The monoisotopic (exact) mass is 577 g/mol. The fourth-order valence-corrected chi connectivity index (χ4v) is 4.88. The van der Waals surface area contributed by atoms with Crippen LogP contribution in [0.2, 0.25) is 5.02 Å². The summed E-state index contributed by atoms with van der Waals surface area (Å²) < 4.78 is 2.79. The van der Waals surface area contributed by atoms with Gasteiger partial charge in [0.25, 0.3) is 5.91 Å². The smallest absolute Gasteiger partial charge is 0.253 e. The zero-order chi connectivity index (χ0) is 25.7. The number of anilines is 1. The molecule has 1 heterocycles. The van der Waals surface area contributed by atoms with Crippen molar-refractivity contribution in [3.05, 3.63) is 68.9 Å². The van der Waals surface area contributed by atoms with Crippen LogP contribution in [0.4, 0.5) is 5.69 Å². The predicted octanol–water partition coefficient (Wildman–Crippen LogP) is 6.21. The number of hydrogen-bond donors (Lipinski definition) is 2. The molecule has 10 heteroatoms. The van der Waals surface area contributed by atoms with Crippen LogP contribution in [0.25, 0.3) is 0 Å². The first kappa shape index (κ1) is 27.2. The Morgan fingerprint density at radius 1 is 1.11 bits per heavy atom. The first-order chi connectivity index (χ1) is 16.6. The van der Waals surface area contributed by atoms with Crippen molar-refractivity contribution in [2.24, 2.45) is 13.0 Å². The molecule has 186 valence electrons. The van der Waals surface area contributed by atoms with E-state index in [2.05, 4.69) is 50.6 Å². The van der Waals surface area contributed by atoms with Crippen LogP contribution in [0.1, 0.15) is 61.4 Å². The van der Waals surface area contributed by atoms with Gasteiger partial charge in [-0.3, -0.25) is 9.59 Å². The Morgan fingerprint density at radius 3 is 2.49 bits per heavy atom. The number of benzene rings is 2. The third-order valence-corrected chi connectivity index (χ3v) is 7.30. The van der Waals surface area contributed by atoms with Gasteiger partial charge in [-0.1, -0.05) is 79.1 Å². The van der Waals surface area contributed by atoms with Crippen LogP contribution in [0, 0.1) is 5.92 Å². The molecule has 0 saturated carbocycles. The lowest BCUT2D eigenvalue weighted by Gasteiger charge is -2.22. The Morgan fingerprint density at radius 2 is 1.83 bits per heavy atom. The van der Waals surface area contributed by atoms with Gasteiger partial charge in [-0.25, -0.2) is 0 Å². The Balaban J connectivity index is 1.69. The largest absolute Gasteiger partial charge is 0.342 e. The molecule has 0 unspecified atom stereocenters. The van der Waals surface area contributed by atoms with E-state index in [1.807, 2.05) is 43.7 Å². The molecular formula is C25H29BrClN5O2S. The van der Waals surface area contributed by atoms with Gasteiger partial charge in [0.2, 0.25) is 5.91 Å². The summed E-state index contributed by atoms with van der Waals surface area (Å²) in [5, 5.41) is 15.6. The van der Waals surface area contributed by atoms with Crippen LogP contribution >= 0.6 is 39.3 Å². The van der Waals surface area contributed by atoms with E-state index in [9.17, 15) is 9.59 Å². The molecule has 3 aromatic rings. The van der Waals surface area contributed by atoms with Gasteiger partial charge in [-0.15, -0.1) is 10.2 Å². The van der Waals surface area contributed by atoms with E-state index >= 15 is 0 Å². The number of aromatic nitrogens is 3. The minimum Gasteiger partial charge on any atom is -0.342 e. The van der Waals surface area contributed by atoms with Gasteiger partial charge in [-0.2, -0.15) is 0 Å². The third-order valence-electron chi connectivity index (χ3n) is 5.46. The zero-order valence-electron chi connectivity index (χ0n) is 20.3. The van der Waals surface area contributed by atoms with E-state index in [1.165, 1.54) is 11.8 Å². The number of carbonyl (C=O) groups excluding carboxylic acids is 2. The summed E-state index contributed by atoms with van der Waals surface area (Å²) in [5.74, 6) is 0.705. The average molecular weight is 579 g/mol. The van der Waals surface area contributed by atoms with Crippen molar-refractivity contribution in [3.8, 4) is 0 Å². The quantitative estimate of drug-likeness (QED) is 0.295. The second kappa shape index (κ2) is 12.1. The van der Waals surface area contributed by atoms with Crippen LogP contribution in [-0.2, 0) is 11.8 Å². The van der Waals surface area contributed by atoms with Crippen molar-refractivity contribution < 1.29 is 9.59 Å². The number of rotatable bonds is 9.